The van der Waals surface area contributed by atoms with Gasteiger partial charge in [0.2, 0.25) is 0 Å². The molecule has 0 radical (unpaired) electrons. The SMILES string of the molecule is CCCCCCCCCCCCCCCCCCCCCCC(=O)OC(COCCCCCCCCCC)COP(=O)(O)OCC[N+](C)(C)C. The summed E-state index contributed by atoms with van der Waals surface area (Å²) in [6.07, 6.45) is 35.7. The van der Waals surface area contributed by atoms with E-state index in [-0.39, 0.29) is 25.8 Å². The first-order valence-electron chi connectivity index (χ1n) is 21.3. The average Bonchev–Trinajstić information content (AvgIpc) is 3.06. The summed E-state index contributed by atoms with van der Waals surface area (Å²) < 4.78 is 34.8. The average molecular weight is 735 g/mol. The number of esters is 1. The van der Waals surface area contributed by atoms with Crippen molar-refractivity contribution in [2.45, 2.75) is 206 Å². The quantitative estimate of drug-likeness (QED) is 0.0290. The van der Waals surface area contributed by atoms with E-state index in [4.69, 9.17) is 18.5 Å². The third kappa shape index (κ3) is 38.7. The van der Waals surface area contributed by atoms with Crippen LogP contribution in [0.4, 0.5) is 0 Å². The second-order valence-electron chi connectivity index (χ2n) is 15.7. The third-order valence-corrected chi connectivity index (χ3v) is 10.4. The Bertz CT molecular complexity index is 777. The Labute approximate surface area is 310 Å². The summed E-state index contributed by atoms with van der Waals surface area (Å²) in [6.45, 7) is 5.64. The van der Waals surface area contributed by atoms with Crippen molar-refractivity contribution in [2.24, 2.45) is 0 Å². The molecule has 0 aliphatic rings. The van der Waals surface area contributed by atoms with Crippen LogP contribution in [0, 0.1) is 0 Å². The largest absolute Gasteiger partial charge is 0.472 e. The lowest BCUT2D eigenvalue weighted by Gasteiger charge is -2.24. The van der Waals surface area contributed by atoms with E-state index in [0.717, 1.165) is 32.1 Å². The van der Waals surface area contributed by atoms with Gasteiger partial charge in [-0.15, -0.1) is 0 Å². The molecule has 300 valence electrons. The maximum Gasteiger partial charge on any atom is 0.472 e. The Hall–Kier alpha value is -0.500. The number of hydrogen-bond acceptors (Lipinski definition) is 6. The van der Waals surface area contributed by atoms with Crippen molar-refractivity contribution in [2.75, 3.05) is 54.1 Å². The molecule has 0 bridgehead atoms. The topological polar surface area (TPSA) is 91.3 Å². The van der Waals surface area contributed by atoms with E-state index in [1.54, 1.807) is 0 Å². The minimum atomic E-state index is -4.26. The standard InChI is InChI=1S/C41H84NO7P/c1-6-8-10-12-14-16-17-18-19-20-21-22-23-24-25-26-27-28-30-32-34-41(43)49-40(38-46-36-33-31-29-15-13-11-9-7-2)39-48-50(44,45)47-37-35-42(3,4)5/h40H,6-39H2,1-5H3/p+1. The number of hydrogen-bond donors (Lipinski definition) is 1. The number of carbonyl (C=O) groups excluding carboxylic acids is 1. The molecule has 0 fully saturated rings. The highest BCUT2D eigenvalue weighted by atomic mass is 31.2. The summed E-state index contributed by atoms with van der Waals surface area (Å²) in [4.78, 5) is 22.8. The monoisotopic (exact) mass is 735 g/mol. The molecule has 2 atom stereocenters. The van der Waals surface area contributed by atoms with Gasteiger partial charge in [-0.25, -0.2) is 4.57 Å². The maximum atomic E-state index is 12.6. The number of carbonyl (C=O) groups is 1. The van der Waals surface area contributed by atoms with Gasteiger partial charge in [0.15, 0.2) is 0 Å². The van der Waals surface area contributed by atoms with Crippen LogP contribution in [0.2, 0.25) is 0 Å². The first kappa shape index (κ1) is 49.5. The van der Waals surface area contributed by atoms with Crippen molar-refractivity contribution in [3.8, 4) is 0 Å². The number of phosphoric acid groups is 1. The van der Waals surface area contributed by atoms with Gasteiger partial charge >= 0.3 is 13.8 Å². The molecule has 0 saturated carbocycles. The highest BCUT2D eigenvalue weighted by molar-refractivity contribution is 7.47. The van der Waals surface area contributed by atoms with E-state index < -0.39 is 13.9 Å². The van der Waals surface area contributed by atoms with E-state index >= 15 is 0 Å². The number of unbranched alkanes of at least 4 members (excludes halogenated alkanes) is 26. The smallest absolute Gasteiger partial charge is 0.457 e. The molecule has 0 heterocycles. The first-order chi connectivity index (χ1) is 24.1. The number of rotatable bonds is 40. The van der Waals surface area contributed by atoms with E-state index in [0.29, 0.717) is 24.1 Å². The zero-order valence-corrected chi connectivity index (χ0v) is 34.8. The number of nitrogens with zero attached hydrogens (tertiary/aromatic N) is 1. The minimum absolute atomic E-state index is 0.0934. The second-order valence-corrected chi connectivity index (χ2v) is 17.2. The van der Waals surface area contributed by atoms with Crippen LogP contribution in [-0.4, -0.2) is 75.6 Å². The molecule has 0 aliphatic heterocycles. The van der Waals surface area contributed by atoms with Crippen molar-refractivity contribution in [3.05, 3.63) is 0 Å². The van der Waals surface area contributed by atoms with Crippen LogP contribution in [-0.2, 0) is 27.9 Å². The maximum absolute atomic E-state index is 12.6. The van der Waals surface area contributed by atoms with E-state index in [9.17, 15) is 14.3 Å². The van der Waals surface area contributed by atoms with Crippen LogP contribution >= 0.6 is 7.82 Å². The molecular formula is C41H85NO7P+. The highest BCUT2D eigenvalue weighted by Crippen LogP contribution is 2.43. The van der Waals surface area contributed by atoms with E-state index in [1.165, 1.54) is 148 Å². The molecule has 0 amide bonds. The Morgan fingerprint density at radius 3 is 1.32 bits per heavy atom. The van der Waals surface area contributed by atoms with Crippen LogP contribution in [0.15, 0.2) is 0 Å². The summed E-state index contributed by atoms with van der Waals surface area (Å²) in [5, 5.41) is 0. The molecule has 0 saturated heterocycles. The van der Waals surface area contributed by atoms with E-state index in [2.05, 4.69) is 13.8 Å². The Kier molecular flexibility index (Phi) is 35.2. The van der Waals surface area contributed by atoms with Gasteiger partial charge in [-0.1, -0.05) is 181 Å². The van der Waals surface area contributed by atoms with Crippen molar-refractivity contribution < 1.29 is 37.3 Å². The van der Waals surface area contributed by atoms with Gasteiger partial charge in [0.25, 0.3) is 0 Å². The molecule has 8 nitrogen and oxygen atoms in total. The summed E-state index contributed by atoms with van der Waals surface area (Å²) in [6, 6.07) is 0. The summed E-state index contributed by atoms with van der Waals surface area (Å²) in [7, 11) is 1.68. The van der Waals surface area contributed by atoms with Crippen molar-refractivity contribution in [1.29, 1.82) is 0 Å². The predicted molar refractivity (Wildman–Crippen MR) is 211 cm³/mol. The summed E-state index contributed by atoms with van der Waals surface area (Å²) in [5.74, 6) is -0.310. The van der Waals surface area contributed by atoms with Gasteiger partial charge in [0.1, 0.15) is 19.3 Å². The number of quaternary nitrogens is 1. The summed E-state index contributed by atoms with van der Waals surface area (Å²) in [5.41, 5.74) is 0. The minimum Gasteiger partial charge on any atom is -0.457 e. The molecule has 9 heteroatoms. The van der Waals surface area contributed by atoms with Crippen LogP contribution in [0.3, 0.4) is 0 Å². The predicted octanol–water partition coefficient (Wildman–Crippen LogP) is 12.1. The van der Waals surface area contributed by atoms with Crippen molar-refractivity contribution in [3.63, 3.8) is 0 Å². The highest BCUT2D eigenvalue weighted by Gasteiger charge is 2.26. The van der Waals surface area contributed by atoms with Crippen LogP contribution < -0.4 is 0 Å². The number of ether oxygens (including phenoxy) is 2. The fourth-order valence-electron chi connectivity index (χ4n) is 6.08. The van der Waals surface area contributed by atoms with E-state index in [1.807, 2.05) is 21.1 Å². The third-order valence-electron chi connectivity index (χ3n) is 9.42. The normalized spacial score (nSPS) is 13.8. The molecule has 0 aromatic carbocycles. The molecule has 50 heavy (non-hydrogen) atoms. The second kappa shape index (κ2) is 35.5. The van der Waals surface area contributed by atoms with Crippen LogP contribution in [0.1, 0.15) is 200 Å². The van der Waals surface area contributed by atoms with Crippen molar-refractivity contribution in [1.82, 2.24) is 0 Å². The van der Waals surface area contributed by atoms with Gasteiger partial charge in [-0.3, -0.25) is 13.8 Å². The molecule has 2 unspecified atom stereocenters. The fourth-order valence-corrected chi connectivity index (χ4v) is 6.82. The zero-order chi connectivity index (χ0) is 37.0. The zero-order valence-electron chi connectivity index (χ0n) is 33.9. The first-order valence-corrected chi connectivity index (χ1v) is 22.8. The molecule has 1 N–H and O–H groups in total. The van der Waals surface area contributed by atoms with Gasteiger partial charge < -0.3 is 18.9 Å². The van der Waals surface area contributed by atoms with Crippen LogP contribution in [0.25, 0.3) is 0 Å². The molecule has 0 aliphatic carbocycles. The molecule has 0 aromatic heterocycles. The van der Waals surface area contributed by atoms with Gasteiger partial charge in [-0.2, -0.15) is 0 Å². The Morgan fingerprint density at radius 1 is 0.540 bits per heavy atom. The number of phosphoric ester groups is 1. The van der Waals surface area contributed by atoms with Crippen LogP contribution in [0.5, 0.6) is 0 Å². The van der Waals surface area contributed by atoms with Gasteiger partial charge in [0.05, 0.1) is 34.4 Å². The lowest BCUT2D eigenvalue weighted by molar-refractivity contribution is -0.870. The van der Waals surface area contributed by atoms with Gasteiger partial charge in [0, 0.05) is 13.0 Å². The fraction of sp³-hybridized carbons (Fsp3) is 0.976. The van der Waals surface area contributed by atoms with Crippen molar-refractivity contribution >= 4 is 13.8 Å². The summed E-state index contributed by atoms with van der Waals surface area (Å²) >= 11 is 0. The molecule has 0 aromatic rings. The van der Waals surface area contributed by atoms with Gasteiger partial charge in [-0.05, 0) is 12.8 Å². The number of likely N-dealkylation sites (N-methyl/N-ethyl adjacent to an activating group) is 1. The Morgan fingerprint density at radius 2 is 0.920 bits per heavy atom. The lowest BCUT2D eigenvalue weighted by atomic mass is 10.0. The molecule has 0 rings (SSSR count). The molecular weight excluding hydrogens is 649 g/mol. The molecule has 0 spiro atoms. The Balaban J connectivity index is 4.07. The lowest BCUT2D eigenvalue weighted by Crippen LogP contribution is -2.37.